The van der Waals surface area contributed by atoms with Gasteiger partial charge in [-0.2, -0.15) is 0 Å². The van der Waals surface area contributed by atoms with E-state index in [0.29, 0.717) is 22.7 Å². The molecule has 4 nitrogen and oxygen atoms in total. The van der Waals surface area contributed by atoms with E-state index in [-0.39, 0.29) is 6.61 Å². The van der Waals surface area contributed by atoms with Gasteiger partial charge in [-0.1, -0.05) is 15.9 Å². The third-order valence-corrected chi connectivity index (χ3v) is 2.92. The Morgan fingerprint density at radius 1 is 1.50 bits per heavy atom. The molecule has 0 amide bonds. The first-order chi connectivity index (χ1) is 7.44. The van der Waals surface area contributed by atoms with Gasteiger partial charge in [0.2, 0.25) is 5.89 Å². The second kappa shape index (κ2) is 3.75. The van der Waals surface area contributed by atoms with Crippen molar-refractivity contribution in [2.45, 2.75) is 19.3 Å². The highest BCUT2D eigenvalue weighted by molar-refractivity contribution is 9.10. The second-order valence-corrected chi connectivity index (χ2v) is 5.32. The Hall–Kier alpha value is -1.07. The molecular formula is C11H13BrN2O2. The van der Waals surface area contributed by atoms with Gasteiger partial charge in [0.25, 0.3) is 0 Å². The number of oxazole rings is 1. The molecule has 5 heteroatoms. The summed E-state index contributed by atoms with van der Waals surface area (Å²) in [4.78, 5) is 4.34. The standard InChI is InChI=1S/C11H13BrN2O2/c1-11(2,5-15)10-14-8-4-6(12)3-7(13)9(8)16-10/h3-4,15H,5,13H2,1-2H3. The van der Waals surface area contributed by atoms with E-state index in [9.17, 15) is 5.11 Å². The van der Waals surface area contributed by atoms with Gasteiger partial charge >= 0.3 is 0 Å². The number of hydrogen-bond donors (Lipinski definition) is 2. The number of nitrogens with zero attached hydrogens (tertiary/aromatic N) is 1. The van der Waals surface area contributed by atoms with Crippen molar-refractivity contribution < 1.29 is 9.52 Å². The predicted molar refractivity (Wildman–Crippen MR) is 66.2 cm³/mol. The summed E-state index contributed by atoms with van der Waals surface area (Å²) in [7, 11) is 0. The molecule has 0 aliphatic rings. The van der Waals surface area contributed by atoms with Crippen LogP contribution in [0, 0.1) is 0 Å². The average Bonchev–Trinajstić information content (AvgIpc) is 2.62. The van der Waals surface area contributed by atoms with Crippen LogP contribution in [-0.2, 0) is 5.41 Å². The third kappa shape index (κ3) is 1.81. The molecule has 1 heterocycles. The molecule has 0 fully saturated rings. The van der Waals surface area contributed by atoms with Gasteiger partial charge in [0.05, 0.1) is 17.7 Å². The van der Waals surface area contributed by atoms with Crippen molar-refractivity contribution in [1.82, 2.24) is 4.98 Å². The van der Waals surface area contributed by atoms with Gasteiger partial charge in [0.15, 0.2) is 5.58 Å². The van der Waals surface area contributed by atoms with Crippen molar-refractivity contribution >= 4 is 32.7 Å². The maximum Gasteiger partial charge on any atom is 0.203 e. The lowest BCUT2D eigenvalue weighted by molar-refractivity contribution is 0.194. The van der Waals surface area contributed by atoms with E-state index < -0.39 is 5.41 Å². The first-order valence-corrected chi connectivity index (χ1v) is 5.70. The number of nitrogen functional groups attached to an aromatic ring is 1. The molecule has 0 aliphatic carbocycles. The van der Waals surface area contributed by atoms with E-state index in [2.05, 4.69) is 20.9 Å². The van der Waals surface area contributed by atoms with Crippen LogP contribution < -0.4 is 5.73 Å². The molecule has 0 spiro atoms. The smallest absolute Gasteiger partial charge is 0.203 e. The van der Waals surface area contributed by atoms with Gasteiger partial charge in [-0.05, 0) is 26.0 Å². The number of anilines is 1. The molecule has 0 saturated heterocycles. The molecule has 3 N–H and O–H groups in total. The zero-order valence-corrected chi connectivity index (χ0v) is 10.7. The number of rotatable bonds is 2. The fraction of sp³-hybridized carbons (Fsp3) is 0.364. The Morgan fingerprint density at radius 3 is 2.81 bits per heavy atom. The van der Waals surface area contributed by atoms with Crippen LogP contribution in [0.4, 0.5) is 5.69 Å². The second-order valence-electron chi connectivity index (χ2n) is 4.40. The van der Waals surface area contributed by atoms with Crippen molar-refractivity contribution in [2.75, 3.05) is 12.3 Å². The lowest BCUT2D eigenvalue weighted by Crippen LogP contribution is -2.22. The monoisotopic (exact) mass is 284 g/mol. The van der Waals surface area contributed by atoms with Crippen LogP contribution in [0.25, 0.3) is 11.1 Å². The van der Waals surface area contributed by atoms with E-state index >= 15 is 0 Å². The summed E-state index contributed by atoms with van der Waals surface area (Å²) in [5.74, 6) is 0.495. The summed E-state index contributed by atoms with van der Waals surface area (Å²) in [5, 5.41) is 9.26. The molecule has 0 saturated carbocycles. The molecule has 0 bridgehead atoms. The molecule has 0 aliphatic heterocycles. The van der Waals surface area contributed by atoms with Crippen LogP contribution in [0.1, 0.15) is 19.7 Å². The predicted octanol–water partition coefficient (Wildman–Crippen LogP) is 2.44. The van der Waals surface area contributed by atoms with E-state index in [1.54, 1.807) is 6.07 Å². The highest BCUT2D eigenvalue weighted by Crippen LogP contribution is 2.31. The van der Waals surface area contributed by atoms with Crippen molar-refractivity contribution in [3.63, 3.8) is 0 Å². The molecule has 0 radical (unpaired) electrons. The molecular weight excluding hydrogens is 272 g/mol. The molecule has 1 aromatic heterocycles. The molecule has 86 valence electrons. The maximum absolute atomic E-state index is 9.26. The lowest BCUT2D eigenvalue weighted by atomic mass is 9.95. The average molecular weight is 285 g/mol. The van der Waals surface area contributed by atoms with E-state index in [1.165, 1.54) is 0 Å². The topological polar surface area (TPSA) is 72.3 Å². The van der Waals surface area contributed by atoms with Gasteiger partial charge in [0, 0.05) is 4.47 Å². The van der Waals surface area contributed by atoms with E-state index in [0.717, 1.165) is 4.47 Å². The van der Waals surface area contributed by atoms with Crippen LogP contribution >= 0.6 is 15.9 Å². The van der Waals surface area contributed by atoms with Crippen LogP contribution in [0.15, 0.2) is 21.0 Å². The fourth-order valence-corrected chi connectivity index (χ4v) is 1.84. The number of aliphatic hydroxyl groups excluding tert-OH is 1. The van der Waals surface area contributed by atoms with Crippen molar-refractivity contribution in [2.24, 2.45) is 0 Å². The normalized spacial score (nSPS) is 12.2. The zero-order chi connectivity index (χ0) is 11.9. The Labute approximate surface area is 102 Å². The molecule has 2 rings (SSSR count). The number of benzene rings is 1. The zero-order valence-electron chi connectivity index (χ0n) is 9.12. The van der Waals surface area contributed by atoms with E-state index in [1.807, 2.05) is 19.9 Å². The third-order valence-electron chi connectivity index (χ3n) is 2.46. The van der Waals surface area contributed by atoms with Crippen molar-refractivity contribution in [1.29, 1.82) is 0 Å². The summed E-state index contributed by atoms with van der Waals surface area (Å²) in [6.07, 6.45) is 0. The largest absolute Gasteiger partial charge is 0.438 e. The summed E-state index contributed by atoms with van der Waals surface area (Å²) >= 11 is 3.35. The molecule has 0 unspecified atom stereocenters. The number of aromatic nitrogens is 1. The first kappa shape index (κ1) is 11.4. The minimum Gasteiger partial charge on any atom is -0.438 e. The molecule has 16 heavy (non-hydrogen) atoms. The van der Waals surface area contributed by atoms with Crippen LogP contribution in [0.5, 0.6) is 0 Å². The minimum absolute atomic E-state index is 0.0269. The Kier molecular flexibility index (Phi) is 2.67. The number of fused-ring (bicyclic) bond motifs is 1. The SMILES string of the molecule is CC(C)(CO)c1nc2cc(Br)cc(N)c2o1. The Morgan fingerprint density at radius 2 is 2.19 bits per heavy atom. The van der Waals surface area contributed by atoms with Gasteiger partial charge in [-0.25, -0.2) is 4.98 Å². The van der Waals surface area contributed by atoms with Gasteiger partial charge in [0.1, 0.15) is 5.52 Å². The molecule has 1 aromatic carbocycles. The number of nitrogens with two attached hydrogens (primary N) is 1. The lowest BCUT2D eigenvalue weighted by Gasteiger charge is -2.15. The van der Waals surface area contributed by atoms with Crippen LogP contribution in [-0.4, -0.2) is 16.7 Å². The maximum atomic E-state index is 9.26. The summed E-state index contributed by atoms with van der Waals surface area (Å²) in [5.41, 5.74) is 7.13. The summed E-state index contributed by atoms with van der Waals surface area (Å²) < 4.78 is 6.45. The highest BCUT2D eigenvalue weighted by Gasteiger charge is 2.26. The van der Waals surface area contributed by atoms with Crippen molar-refractivity contribution in [3.05, 3.63) is 22.5 Å². The number of aliphatic hydroxyl groups is 1. The van der Waals surface area contributed by atoms with Gasteiger partial charge < -0.3 is 15.3 Å². The van der Waals surface area contributed by atoms with Crippen LogP contribution in [0.3, 0.4) is 0 Å². The minimum atomic E-state index is -0.502. The first-order valence-electron chi connectivity index (χ1n) is 4.91. The fourth-order valence-electron chi connectivity index (χ4n) is 1.38. The van der Waals surface area contributed by atoms with Gasteiger partial charge in [-0.15, -0.1) is 0 Å². The van der Waals surface area contributed by atoms with Crippen LogP contribution in [0.2, 0.25) is 0 Å². The summed E-state index contributed by atoms with van der Waals surface area (Å²) in [6.45, 7) is 3.70. The van der Waals surface area contributed by atoms with E-state index in [4.69, 9.17) is 10.2 Å². The highest BCUT2D eigenvalue weighted by atomic mass is 79.9. The molecule has 0 atom stereocenters. The number of hydrogen-bond acceptors (Lipinski definition) is 4. The van der Waals surface area contributed by atoms with Gasteiger partial charge in [-0.3, -0.25) is 0 Å². The van der Waals surface area contributed by atoms with Crippen molar-refractivity contribution in [3.8, 4) is 0 Å². The Bertz CT molecular complexity index is 534. The molecule has 2 aromatic rings. The summed E-state index contributed by atoms with van der Waals surface area (Å²) in [6, 6.07) is 3.61. The quantitative estimate of drug-likeness (QED) is 0.831. The Balaban J connectivity index is 2.65. The number of halogens is 1.